The second-order valence-electron chi connectivity index (χ2n) is 6.89. The van der Waals surface area contributed by atoms with Gasteiger partial charge in [0.1, 0.15) is 22.6 Å². The van der Waals surface area contributed by atoms with Gasteiger partial charge in [0.2, 0.25) is 5.91 Å². The van der Waals surface area contributed by atoms with Crippen molar-refractivity contribution in [1.29, 1.82) is 0 Å². The van der Waals surface area contributed by atoms with Gasteiger partial charge in [0.25, 0.3) is 0 Å². The lowest BCUT2D eigenvalue weighted by molar-refractivity contribution is -0.123. The minimum Gasteiger partial charge on any atom is -0.508 e. The standard InChI is InChI=1S/C23H20ClN3O4/c1-30-17-8-3-14(4-9-17)25-26-15-5-12-20(28)19(13-15)22-21(24)23(29)27(22)16-6-10-18(31-2)11-7-16/h3-13,21-22,28H,1-2H3/t21-,22+/m0/s1. The quantitative estimate of drug-likeness (QED) is 0.312. The van der Waals surface area contributed by atoms with Crippen molar-refractivity contribution in [3.8, 4) is 17.2 Å². The second kappa shape index (κ2) is 8.65. The number of alkyl halides is 1. The van der Waals surface area contributed by atoms with Gasteiger partial charge >= 0.3 is 0 Å². The number of aromatic hydroxyl groups is 1. The number of amides is 1. The number of azo groups is 1. The van der Waals surface area contributed by atoms with Crippen molar-refractivity contribution in [2.45, 2.75) is 11.4 Å². The summed E-state index contributed by atoms with van der Waals surface area (Å²) in [5.74, 6) is 1.21. The molecule has 1 fully saturated rings. The molecule has 1 saturated heterocycles. The summed E-state index contributed by atoms with van der Waals surface area (Å²) >= 11 is 6.34. The number of hydrogen-bond donors (Lipinski definition) is 1. The Morgan fingerprint density at radius 2 is 1.42 bits per heavy atom. The highest BCUT2D eigenvalue weighted by Crippen LogP contribution is 2.46. The van der Waals surface area contributed by atoms with Crippen LogP contribution in [0.3, 0.4) is 0 Å². The molecular weight excluding hydrogens is 418 g/mol. The number of β-lactam (4-membered cyclic amide) rings is 1. The van der Waals surface area contributed by atoms with Gasteiger partial charge in [-0.05, 0) is 66.7 Å². The third kappa shape index (κ3) is 4.04. The fourth-order valence-corrected chi connectivity index (χ4v) is 3.74. The van der Waals surface area contributed by atoms with Gasteiger partial charge in [-0.15, -0.1) is 11.6 Å². The summed E-state index contributed by atoms with van der Waals surface area (Å²) < 4.78 is 10.3. The van der Waals surface area contributed by atoms with Crippen LogP contribution in [0.5, 0.6) is 17.2 Å². The van der Waals surface area contributed by atoms with E-state index in [0.29, 0.717) is 28.4 Å². The van der Waals surface area contributed by atoms with Crippen LogP contribution in [0.4, 0.5) is 17.1 Å². The molecule has 1 aliphatic rings. The van der Waals surface area contributed by atoms with E-state index in [0.717, 1.165) is 5.75 Å². The normalized spacial score (nSPS) is 18.2. The van der Waals surface area contributed by atoms with Gasteiger partial charge in [0, 0.05) is 11.3 Å². The molecule has 8 heteroatoms. The molecular formula is C23H20ClN3O4. The van der Waals surface area contributed by atoms with Crippen LogP contribution in [0.2, 0.25) is 0 Å². The number of halogens is 1. The van der Waals surface area contributed by atoms with E-state index in [1.54, 1.807) is 79.8 Å². The van der Waals surface area contributed by atoms with Gasteiger partial charge in [-0.25, -0.2) is 0 Å². The zero-order valence-electron chi connectivity index (χ0n) is 16.9. The third-order valence-corrected chi connectivity index (χ3v) is 5.49. The molecule has 0 bridgehead atoms. The predicted octanol–water partition coefficient (Wildman–Crippen LogP) is 5.52. The van der Waals surface area contributed by atoms with Gasteiger partial charge in [-0.1, -0.05) is 0 Å². The number of carbonyl (C=O) groups is 1. The van der Waals surface area contributed by atoms with Crippen LogP contribution in [0.1, 0.15) is 11.6 Å². The maximum atomic E-state index is 12.5. The van der Waals surface area contributed by atoms with E-state index in [-0.39, 0.29) is 11.7 Å². The SMILES string of the molecule is COc1ccc(N=Nc2ccc(O)c([C@@H]3[C@H](Cl)C(=O)N3c3ccc(OC)cc3)c2)cc1. The van der Waals surface area contributed by atoms with Crippen LogP contribution in [0.15, 0.2) is 77.0 Å². The molecule has 1 aliphatic heterocycles. The summed E-state index contributed by atoms with van der Waals surface area (Å²) in [6.45, 7) is 0. The Labute approximate surface area is 184 Å². The summed E-state index contributed by atoms with van der Waals surface area (Å²) in [6, 6.07) is 18.6. The van der Waals surface area contributed by atoms with Crippen molar-refractivity contribution in [3.05, 3.63) is 72.3 Å². The first-order chi connectivity index (χ1) is 15.0. The Hall–Kier alpha value is -3.58. The summed E-state index contributed by atoms with van der Waals surface area (Å²) in [6.07, 6.45) is 0. The van der Waals surface area contributed by atoms with Gasteiger partial charge < -0.3 is 19.5 Å². The van der Waals surface area contributed by atoms with Crippen molar-refractivity contribution >= 4 is 34.6 Å². The number of ether oxygens (including phenoxy) is 2. The van der Waals surface area contributed by atoms with Crippen LogP contribution in [-0.4, -0.2) is 30.6 Å². The molecule has 0 aromatic heterocycles. The maximum absolute atomic E-state index is 12.5. The number of methoxy groups -OCH3 is 2. The highest BCUT2D eigenvalue weighted by atomic mass is 35.5. The Kier molecular flexibility index (Phi) is 5.77. The number of hydrogen-bond acceptors (Lipinski definition) is 6. The van der Waals surface area contributed by atoms with Crippen LogP contribution in [-0.2, 0) is 4.79 Å². The Morgan fingerprint density at radius 3 is 2.03 bits per heavy atom. The lowest BCUT2D eigenvalue weighted by atomic mass is 9.91. The van der Waals surface area contributed by atoms with Gasteiger partial charge in [0.15, 0.2) is 0 Å². The smallest absolute Gasteiger partial charge is 0.248 e. The summed E-state index contributed by atoms with van der Waals surface area (Å²) in [7, 11) is 3.17. The molecule has 1 N–H and O–H groups in total. The molecule has 0 spiro atoms. The number of phenolic OH excluding ortho intramolecular Hbond substituents is 1. The monoisotopic (exact) mass is 437 g/mol. The molecule has 0 radical (unpaired) electrons. The molecule has 0 unspecified atom stereocenters. The van der Waals surface area contributed by atoms with Crippen molar-refractivity contribution in [1.82, 2.24) is 0 Å². The lowest BCUT2D eigenvalue weighted by Gasteiger charge is -2.44. The Morgan fingerprint density at radius 1 is 0.871 bits per heavy atom. The third-order valence-electron chi connectivity index (χ3n) is 5.06. The van der Waals surface area contributed by atoms with Gasteiger partial charge in [-0.2, -0.15) is 10.2 Å². The molecule has 1 amide bonds. The topological polar surface area (TPSA) is 83.7 Å². The number of benzene rings is 3. The number of anilines is 1. The highest BCUT2D eigenvalue weighted by Gasteiger charge is 2.49. The van der Waals surface area contributed by atoms with Crippen LogP contribution < -0.4 is 14.4 Å². The first-order valence-corrected chi connectivity index (χ1v) is 9.95. The Balaban J connectivity index is 1.61. The first-order valence-electron chi connectivity index (χ1n) is 9.51. The molecule has 1 heterocycles. The Bertz CT molecular complexity index is 1120. The molecule has 4 rings (SSSR count). The minimum atomic E-state index is -0.790. The van der Waals surface area contributed by atoms with Crippen LogP contribution in [0.25, 0.3) is 0 Å². The molecule has 7 nitrogen and oxygen atoms in total. The van der Waals surface area contributed by atoms with Crippen LogP contribution in [0, 0.1) is 0 Å². The fraction of sp³-hybridized carbons (Fsp3) is 0.174. The number of carbonyl (C=O) groups excluding carboxylic acids is 1. The zero-order valence-corrected chi connectivity index (χ0v) is 17.7. The van der Waals surface area contributed by atoms with Crippen molar-refractivity contribution < 1.29 is 19.4 Å². The number of phenols is 1. The summed E-state index contributed by atoms with van der Waals surface area (Å²) in [5, 5.41) is 18.1. The van der Waals surface area contributed by atoms with E-state index >= 15 is 0 Å². The highest BCUT2D eigenvalue weighted by molar-refractivity contribution is 6.37. The van der Waals surface area contributed by atoms with E-state index in [9.17, 15) is 9.90 Å². The fourth-order valence-electron chi connectivity index (χ4n) is 3.39. The average molecular weight is 438 g/mol. The van der Waals surface area contributed by atoms with Crippen molar-refractivity contribution in [3.63, 3.8) is 0 Å². The largest absolute Gasteiger partial charge is 0.508 e. The average Bonchev–Trinajstić information content (AvgIpc) is 2.82. The molecule has 158 valence electrons. The first kappa shape index (κ1) is 20.7. The zero-order chi connectivity index (χ0) is 22.0. The molecule has 31 heavy (non-hydrogen) atoms. The lowest BCUT2D eigenvalue weighted by Crippen LogP contribution is -2.56. The van der Waals surface area contributed by atoms with E-state index in [1.807, 2.05) is 0 Å². The van der Waals surface area contributed by atoms with Crippen LogP contribution >= 0.6 is 11.6 Å². The van der Waals surface area contributed by atoms with Crippen molar-refractivity contribution in [2.75, 3.05) is 19.1 Å². The van der Waals surface area contributed by atoms with E-state index in [4.69, 9.17) is 21.1 Å². The molecule has 3 aromatic rings. The summed E-state index contributed by atoms with van der Waals surface area (Å²) in [4.78, 5) is 14.0. The molecule has 0 saturated carbocycles. The number of rotatable bonds is 6. The predicted molar refractivity (Wildman–Crippen MR) is 118 cm³/mol. The molecule has 0 aliphatic carbocycles. The second-order valence-corrected chi connectivity index (χ2v) is 7.36. The minimum absolute atomic E-state index is 0.0325. The van der Waals surface area contributed by atoms with Gasteiger partial charge in [0.05, 0.1) is 31.6 Å². The molecule has 3 aromatic carbocycles. The summed E-state index contributed by atoms with van der Waals surface area (Å²) in [5.41, 5.74) is 2.35. The van der Waals surface area contributed by atoms with Crippen molar-refractivity contribution in [2.24, 2.45) is 10.2 Å². The van der Waals surface area contributed by atoms with E-state index < -0.39 is 11.4 Å². The van der Waals surface area contributed by atoms with Gasteiger partial charge in [-0.3, -0.25) is 4.79 Å². The molecule has 2 atom stereocenters. The maximum Gasteiger partial charge on any atom is 0.248 e. The van der Waals surface area contributed by atoms with E-state index in [1.165, 1.54) is 6.07 Å². The van der Waals surface area contributed by atoms with E-state index in [2.05, 4.69) is 10.2 Å². The number of nitrogens with zero attached hydrogens (tertiary/aromatic N) is 3.